The van der Waals surface area contributed by atoms with E-state index >= 15 is 0 Å². The third kappa shape index (κ3) is 5.74. The van der Waals surface area contributed by atoms with Crippen LogP contribution in [-0.4, -0.2) is 21.3 Å². The molecule has 2 nitrogen and oxygen atoms in total. The van der Waals surface area contributed by atoms with Crippen molar-refractivity contribution in [1.82, 2.24) is 0 Å². The van der Waals surface area contributed by atoms with Crippen molar-refractivity contribution < 1.29 is 8.85 Å². The summed E-state index contributed by atoms with van der Waals surface area (Å²) in [4.78, 5) is 0. The highest BCUT2D eigenvalue weighted by molar-refractivity contribution is 6.64. The van der Waals surface area contributed by atoms with Gasteiger partial charge in [0.1, 0.15) is 0 Å². The van der Waals surface area contributed by atoms with Crippen molar-refractivity contribution in [2.45, 2.75) is 52.8 Å². The van der Waals surface area contributed by atoms with Gasteiger partial charge < -0.3 is 8.85 Å². The van der Waals surface area contributed by atoms with E-state index in [9.17, 15) is 0 Å². The quantitative estimate of drug-likeness (QED) is 0.600. The van der Waals surface area contributed by atoms with Gasteiger partial charge in [-0.3, -0.25) is 0 Å². The zero-order chi connectivity index (χ0) is 9.61. The molecule has 0 bridgehead atoms. The summed E-state index contributed by atoms with van der Waals surface area (Å²) in [6.45, 7) is 11.3. The molecule has 0 spiro atoms. The molecule has 0 saturated heterocycles. The number of rotatable bonds is 6. The lowest BCUT2D eigenvalue weighted by Gasteiger charge is -2.26. The second kappa shape index (κ2) is 5.73. The average Bonchev–Trinajstić information content (AvgIpc) is 1.85. The second-order valence-corrected chi connectivity index (χ2v) is 6.87. The molecule has 1 atom stereocenters. The fourth-order valence-electron chi connectivity index (χ4n) is 1.33. The molecule has 74 valence electrons. The van der Waals surface area contributed by atoms with E-state index in [0.29, 0.717) is 6.10 Å². The molecule has 0 aliphatic rings. The molecule has 1 unspecified atom stereocenters. The second-order valence-electron chi connectivity index (χ2n) is 3.55. The van der Waals surface area contributed by atoms with Crippen LogP contribution in [0.4, 0.5) is 0 Å². The van der Waals surface area contributed by atoms with Crippen molar-refractivity contribution in [2.75, 3.05) is 6.61 Å². The molecule has 0 heterocycles. The first-order chi connectivity index (χ1) is 5.52. The minimum absolute atomic E-state index is 0.350. The topological polar surface area (TPSA) is 18.5 Å². The normalized spacial score (nSPS) is 14.8. The van der Waals surface area contributed by atoms with Crippen LogP contribution in [0.15, 0.2) is 0 Å². The van der Waals surface area contributed by atoms with E-state index in [1.54, 1.807) is 0 Å². The Morgan fingerprint density at radius 1 is 1.25 bits per heavy atom. The van der Waals surface area contributed by atoms with Gasteiger partial charge in [-0.05, 0) is 33.4 Å². The maximum Gasteiger partial charge on any atom is 0.331 e. The van der Waals surface area contributed by atoms with Crippen LogP contribution in [0.2, 0.25) is 13.1 Å². The monoisotopic (exact) mass is 190 g/mol. The lowest BCUT2D eigenvalue weighted by atomic mass is 10.2. The van der Waals surface area contributed by atoms with Crippen molar-refractivity contribution in [3.63, 3.8) is 0 Å². The van der Waals surface area contributed by atoms with Crippen LogP contribution in [0, 0.1) is 0 Å². The summed E-state index contributed by atoms with van der Waals surface area (Å²) in [6, 6.07) is 0. The predicted octanol–water partition coefficient (Wildman–Crippen LogP) is 2.93. The van der Waals surface area contributed by atoms with Gasteiger partial charge in [-0.1, -0.05) is 13.3 Å². The number of hydrogen-bond acceptors (Lipinski definition) is 2. The van der Waals surface area contributed by atoms with E-state index < -0.39 is 8.56 Å². The van der Waals surface area contributed by atoms with Crippen molar-refractivity contribution in [2.24, 2.45) is 0 Å². The molecule has 0 aromatic heterocycles. The predicted molar refractivity (Wildman–Crippen MR) is 54.6 cm³/mol. The summed E-state index contributed by atoms with van der Waals surface area (Å²) in [6.07, 6.45) is 2.66. The summed E-state index contributed by atoms with van der Waals surface area (Å²) in [5, 5.41) is 0. The summed E-state index contributed by atoms with van der Waals surface area (Å²) >= 11 is 0. The van der Waals surface area contributed by atoms with Crippen LogP contribution in [-0.2, 0) is 8.85 Å². The highest BCUT2D eigenvalue weighted by atomic mass is 28.4. The van der Waals surface area contributed by atoms with Gasteiger partial charge in [0.25, 0.3) is 0 Å². The van der Waals surface area contributed by atoms with E-state index in [0.717, 1.165) is 13.0 Å². The van der Waals surface area contributed by atoms with Crippen LogP contribution in [0.25, 0.3) is 0 Å². The highest BCUT2D eigenvalue weighted by Gasteiger charge is 2.25. The molecule has 0 fully saturated rings. The van der Waals surface area contributed by atoms with Crippen LogP contribution in [0.3, 0.4) is 0 Å². The largest absolute Gasteiger partial charge is 0.395 e. The Morgan fingerprint density at radius 2 is 1.83 bits per heavy atom. The van der Waals surface area contributed by atoms with Gasteiger partial charge in [-0.25, -0.2) is 0 Å². The Morgan fingerprint density at radius 3 is 2.25 bits per heavy atom. The highest BCUT2D eigenvalue weighted by Crippen LogP contribution is 2.12. The summed E-state index contributed by atoms with van der Waals surface area (Å²) < 4.78 is 11.4. The van der Waals surface area contributed by atoms with Gasteiger partial charge in [0, 0.05) is 12.7 Å². The van der Waals surface area contributed by atoms with Gasteiger partial charge >= 0.3 is 8.56 Å². The standard InChI is InChI=1S/C9H22O2Si/c1-6-8-9(3)11-12(4,5)10-7-2/h9H,6-8H2,1-5H3. The van der Waals surface area contributed by atoms with Crippen LogP contribution in [0.1, 0.15) is 33.6 Å². The Hall–Kier alpha value is 0.137. The first-order valence-corrected chi connectivity index (χ1v) is 7.65. The molecule has 12 heavy (non-hydrogen) atoms. The lowest BCUT2D eigenvalue weighted by molar-refractivity contribution is 0.129. The van der Waals surface area contributed by atoms with Gasteiger partial charge in [-0.15, -0.1) is 0 Å². The Bertz CT molecular complexity index is 115. The number of hydrogen-bond donors (Lipinski definition) is 0. The first kappa shape index (κ1) is 12.1. The SMILES string of the molecule is CCCC(C)O[Si](C)(C)OCC. The van der Waals surface area contributed by atoms with Gasteiger partial charge in [0.05, 0.1) is 0 Å². The third-order valence-corrected chi connectivity index (χ3v) is 3.63. The summed E-state index contributed by atoms with van der Waals surface area (Å²) in [5.74, 6) is 0. The van der Waals surface area contributed by atoms with Crippen molar-refractivity contribution >= 4 is 8.56 Å². The molecule has 3 heteroatoms. The fraction of sp³-hybridized carbons (Fsp3) is 1.00. The average molecular weight is 190 g/mol. The molecule has 0 aromatic carbocycles. The third-order valence-electron chi connectivity index (χ3n) is 1.67. The van der Waals surface area contributed by atoms with Crippen LogP contribution in [0.5, 0.6) is 0 Å². The van der Waals surface area contributed by atoms with Gasteiger partial charge in [0.2, 0.25) is 0 Å². The Labute approximate surface area is 77.5 Å². The molecular formula is C9H22O2Si. The minimum Gasteiger partial charge on any atom is -0.395 e. The van der Waals surface area contributed by atoms with E-state index in [1.165, 1.54) is 6.42 Å². The molecule has 0 aliphatic heterocycles. The lowest BCUT2D eigenvalue weighted by Crippen LogP contribution is -2.38. The Kier molecular flexibility index (Phi) is 5.79. The first-order valence-electron chi connectivity index (χ1n) is 4.83. The van der Waals surface area contributed by atoms with Crippen molar-refractivity contribution in [3.05, 3.63) is 0 Å². The molecule has 0 saturated carbocycles. The summed E-state index contributed by atoms with van der Waals surface area (Å²) in [7, 11) is -1.80. The van der Waals surface area contributed by atoms with Gasteiger partial charge in [-0.2, -0.15) is 0 Å². The van der Waals surface area contributed by atoms with Crippen LogP contribution >= 0.6 is 0 Å². The zero-order valence-corrected chi connectivity index (χ0v) is 10.0. The maximum absolute atomic E-state index is 5.84. The molecular weight excluding hydrogens is 168 g/mol. The van der Waals surface area contributed by atoms with E-state index in [4.69, 9.17) is 8.85 Å². The fourth-order valence-corrected chi connectivity index (χ4v) is 3.18. The molecule has 0 rings (SSSR count). The zero-order valence-electron chi connectivity index (χ0n) is 9.02. The van der Waals surface area contributed by atoms with E-state index in [1.807, 2.05) is 6.92 Å². The van der Waals surface area contributed by atoms with E-state index in [-0.39, 0.29) is 0 Å². The molecule has 0 aromatic rings. The molecule has 0 amide bonds. The minimum atomic E-state index is -1.80. The smallest absolute Gasteiger partial charge is 0.331 e. The van der Waals surface area contributed by atoms with Crippen LogP contribution < -0.4 is 0 Å². The maximum atomic E-state index is 5.84. The van der Waals surface area contributed by atoms with Crippen molar-refractivity contribution in [3.8, 4) is 0 Å². The van der Waals surface area contributed by atoms with Gasteiger partial charge in [0.15, 0.2) is 0 Å². The molecule has 0 N–H and O–H groups in total. The molecule has 0 radical (unpaired) electrons. The van der Waals surface area contributed by atoms with E-state index in [2.05, 4.69) is 26.9 Å². The van der Waals surface area contributed by atoms with Crippen molar-refractivity contribution in [1.29, 1.82) is 0 Å². The summed E-state index contributed by atoms with van der Waals surface area (Å²) in [5.41, 5.74) is 0. The Balaban J connectivity index is 3.70. The molecule has 0 aliphatic carbocycles.